The number of rotatable bonds is 3. The Bertz CT molecular complexity index is 625. The summed E-state index contributed by atoms with van der Waals surface area (Å²) >= 11 is 11.7. The van der Waals surface area contributed by atoms with E-state index in [1.165, 1.54) is 10.7 Å². The SMILES string of the molecule is CCCn1nc(-c2ccc(Cl)c(Cl)n2)ccc1=O. The first-order valence-electron chi connectivity index (χ1n) is 5.52. The molecule has 0 radical (unpaired) electrons. The van der Waals surface area contributed by atoms with Gasteiger partial charge in [0.1, 0.15) is 10.8 Å². The quantitative estimate of drug-likeness (QED) is 0.814. The molecule has 0 aliphatic carbocycles. The smallest absolute Gasteiger partial charge is 0.266 e. The van der Waals surface area contributed by atoms with Crippen LogP contribution in [0.25, 0.3) is 11.4 Å². The van der Waals surface area contributed by atoms with Crippen molar-refractivity contribution in [1.82, 2.24) is 14.8 Å². The summed E-state index contributed by atoms with van der Waals surface area (Å²) in [5.41, 5.74) is 1.07. The monoisotopic (exact) mass is 283 g/mol. The van der Waals surface area contributed by atoms with Crippen LogP contribution in [0.15, 0.2) is 29.1 Å². The molecule has 0 bridgehead atoms. The Labute approximate surface area is 114 Å². The van der Waals surface area contributed by atoms with Crippen LogP contribution in [0.5, 0.6) is 0 Å². The highest BCUT2D eigenvalue weighted by molar-refractivity contribution is 6.41. The normalized spacial score (nSPS) is 10.6. The number of aryl methyl sites for hydroxylation is 1. The second kappa shape index (κ2) is 5.50. The Hall–Kier alpha value is -1.39. The minimum atomic E-state index is -0.124. The Balaban J connectivity index is 2.47. The van der Waals surface area contributed by atoms with Gasteiger partial charge >= 0.3 is 0 Å². The molecule has 4 nitrogen and oxygen atoms in total. The van der Waals surface area contributed by atoms with E-state index in [-0.39, 0.29) is 10.7 Å². The zero-order valence-corrected chi connectivity index (χ0v) is 11.2. The average molecular weight is 284 g/mol. The van der Waals surface area contributed by atoms with Gasteiger partial charge in [0.25, 0.3) is 5.56 Å². The van der Waals surface area contributed by atoms with Crippen molar-refractivity contribution in [1.29, 1.82) is 0 Å². The van der Waals surface area contributed by atoms with Gasteiger partial charge < -0.3 is 0 Å². The van der Waals surface area contributed by atoms with E-state index in [1.54, 1.807) is 18.2 Å². The van der Waals surface area contributed by atoms with Crippen molar-refractivity contribution in [3.8, 4) is 11.4 Å². The van der Waals surface area contributed by atoms with Gasteiger partial charge in [-0.05, 0) is 24.6 Å². The van der Waals surface area contributed by atoms with Crippen molar-refractivity contribution < 1.29 is 0 Å². The maximum absolute atomic E-state index is 11.5. The van der Waals surface area contributed by atoms with Crippen LogP contribution in [0.1, 0.15) is 13.3 Å². The molecule has 0 amide bonds. The van der Waals surface area contributed by atoms with Gasteiger partial charge in [0, 0.05) is 12.6 Å². The van der Waals surface area contributed by atoms with E-state index < -0.39 is 0 Å². The maximum Gasteiger partial charge on any atom is 0.266 e. The molecule has 18 heavy (non-hydrogen) atoms. The largest absolute Gasteiger partial charge is 0.268 e. The Morgan fingerprint density at radius 2 is 1.89 bits per heavy atom. The summed E-state index contributed by atoms with van der Waals surface area (Å²) in [6.45, 7) is 2.56. The minimum Gasteiger partial charge on any atom is -0.268 e. The molecule has 0 aliphatic rings. The summed E-state index contributed by atoms with van der Waals surface area (Å²) in [6.07, 6.45) is 0.838. The molecular weight excluding hydrogens is 273 g/mol. The molecule has 2 rings (SSSR count). The van der Waals surface area contributed by atoms with E-state index >= 15 is 0 Å². The van der Waals surface area contributed by atoms with Crippen molar-refractivity contribution in [2.75, 3.05) is 0 Å². The third-order valence-electron chi connectivity index (χ3n) is 2.37. The van der Waals surface area contributed by atoms with Gasteiger partial charge in [-0.2, -0.15) is 5.10 Å². The van der Waals surface area contributed by atoms with Crippen LogP contribution < -0.4 is 5.56 Å². The molecule has 2 aromatic rings. The topological polar surface area (TPSA) is 47.8 Å². The molecule has 0 aliphatic heterocycles. The van der Waals surface area contributed by atoms with Gasteiger partial charge in [-0.3, -0.25) is 4.79 Å². The van der Waals surface area contributed by atoms with E-state index in [4.69, 9.17) is 23.2 Å². The molecule has 0 spiro atoms. The van der Waals surface area contributed by atoms with Gasteiger partial charge in [0.15, 0.2) is 0 Å². The van der Waals surface area contributed by atoms with Gasteiger partial charge in [0.05, 0.1) is 10.7 Å². The fourth-order valence-corrected chi connectivity index (χ4v) is 1.78. The molecule has 0 aromatic carbocycles. The molecule has 0 N–H and O–H groups in total. The summed E-state index contributed by atoms with van der Waals surface area (Å²) in [4.78, 5) is 15.7. The van der Waals surface area contributed by atoms with Crippen molar-refractivity contribution >= 4 is 23.2 Å². The summed E-state index contributed by atoms with van der Waals surface area (Å²) in [5.74, 6) is 0. The zero-order valence-electron chi connectivity index (χ0n) is 9.73. The number of pyridine rings is 1. The van der Waals surface area contributed by atoms with Crippen LogP contribution in [-0.2, 0) is 6.54 Å². The lowest BCUT2D eigenvalue weighted by Gasteiger charge is -2.05. The van der Waals surface area contributed by atoms with Crippen LogP contribution >= 0.6 is 23.2 Å². The molecule has 2 aromatic heterocycles. The predicted octanol–water partition coefficient (Wildman–Crippen LogP) is 3.02. The molecule has 0 fully saturated rings. The Kier molecular flexibility index (Phi) is 3.99. The molecule has 2 heterocycles. The number of aromatic nitrogens is 3. The second-order valence-electron chi connectivity index (χ2n) is 3.75. The van der Waals surface area contributed by atoms with Gasteiger partial charge in [0.2, 0.25) is 0 Å². The van der Waals surface area contributed by atoms with Crippen LogP contribution in [-0.4, -0.2) is 14.8 Å². The van der Waals surface area contributed by atoms with Crippen molar-refractivity contribution in [3.05, 3.63) is 44.8 Å². The first-order valence-corrected chi connectivity index (χ1v) is 6.28. The lowest BCUT2D eigenvalue weighted by atomic mass is 10.2. The number of nitrogens with zero attached hydrogens (tertiary/aromatic N) is 3. The zero-order chi connectivity index (χ0) is 13.1. The third kappa shape index (κ3) is 2.71. The van der Waals surface area contributed by atoms with Crippen LogP contribution in [0, 0.1) is 0 Å². The first-order chi connectivity index (χ1) is 8.61. The standard InChI is InChI=1S/C12H11Cl2N3O/c1-2-7-17-11(18)6-5-10(16-17)9-4-3-8(13)12(14)15-9/h3-6H,2,7H2,1H3. The van der Waals surface area contributed by atoms with Crippen molar-refractivity contribution in [2.24, 2.45) is 0 Å². The fraction of sp³-hybridized carbons (Fsp3) is 0.250. The highest BCUT2D eigenvalue weighted by Crippen LogP contribution is 2.23. The molecule has 0 unspecified atom stereocenters. The Morgan fingerprint density at radius 1 is 1.17 bits per heavy atom. The van der Waals surface area contributed by atoms with Crippen LogP contribution in [0.2, 0.25) is 10.2 Å². The van der Waals surface area contributed by atoms with Gasteiger partial charge in [-0.1, -0.05) is 30.1 Å². The van der Waals surface area contributed by atoms with E-state index in [9.17, 15) is 4.79 Å². The van der Waals surface area contributed by atoms with Gasteiger partial charge in [-0.15, -0.1) is 0 Å². The lowest BCUT2D eigenvalue weighted by molar-refractivity contribution is 0.570. The number of hydrogen-bond donors (Lipinski definition) is 0. The minimum absolute atomic E-state index is 0.124. The van der Waals surface area contributed by atoms with E-state index in [1.807, 2.05) is 6.92 Å². The predicted molar refractivity (Wildman–Crippen MR) is 72.0 cm³/mol. The van der Waals surface area contributed by atoms with Crippen molar-refractivity contribution in [2.45, 2.75) is 19.9 Å². The molecule has 0 saturated heterocycles. The second-order valence-corrected chi connectivity index (χ2v) is 4.51. The molecule has 0 saturated carbocycles. The summed E-state index contributed by atoms with van der Waals surface area (Å²) < 4.78 is 1.42. The van der Waals surface area contributed by atoms with Crippen LogP contribution in [0.4, 0.5) is 0 Å². The summed E-state index contributed by atoms with van der Waals surface area (Å²) in [6, 6.07) is 6.48. The number of hydrogen-bond acceptors (Lipinski definition) is 3. The van der Waals surface area contributed by atoms with Gasteiger partial charge in [-0.25, -0.2) is 9.67 Å². The van der Waals surface area contributed by atoms with E-state index in [0.29, 0.717) is 23.0 Å². The summed E-state index contributed by atoms with van der Waals surface area (Å²) in [7, 11) is 0. The van der Waals surface area contributed by atoms with Crippen LogP contribution in [0.3, 0.4) is 0 Å². The van der Waals surface area contributed by atoms with Crippen molar-refractivity contribution in [3.63, 3.8) is 0 Å². The highest BCUT2D eigenvalue weighted by Gasteiger charge is 2.07. The molecular formula is C12H11Cl2N3O. The maximum atomic E-state index is 11.5. The molecule has 94 valence electrons. The van der Waals surface area contributed by atoms with E-state index in [0.717, 1.165) is 6.42 Å². The fourth-order valence-electron chi connectivity index (χ4n) is 1.52. The molecule has 0 atom stereocenters. The lowest BCUT2D eigenvalue weighted by Crippen LogP contribution is -2.22. The highest BCUT2D eigenvalue weighted by atomic mass is 35.5. The third-order valence-corrected chi connectivity index (χ3v) is 3.06. The Morgan fingerprint density at radius 3 is 2.56 bits per heavy atom. The van der Waals surface area contributed by atoms with E-state index in [2.05, 4.69) is 10.1 Å². The first kappa shape index (κ1) is 13.1. The average Bonchev–Trinajstić information content (AvgIpc) is 2.36. The summed E-state index contributed by atoms with van der Waals surface area (Å²) in [5, 5.41) is 4.86. The molecule has 6 heteroatoms. The number of halogens is 2.